The molecule has 18 heavy (non-hydrogen) atoms. The lowest BCUT2D eigenvalue weighted by Gasteiger charge is -1.98. The van der Waals surface area contributed by atoms with Crippen molar-refractivity contribution in [1.29, 1.82) is 0 Å². The Morgan fingerprint density at radius 1 is 1.11 bits per heavy atom. The topological polar surface area (TPSA) is 46.5 Å². The van der Waals surface area contributed by atoms with E-state index in [1.54, 1.807) is 0 Å². The summed E-state index contributed by atoms with van der Waals surface area (Å²) in [6.07, 6.45) is 9.35. The summed E-state index contributed by atoms with van der Waals surface area (Å²) >= 11 is 0. The molecule has 98 valence electrons. The Labute approximate surface area is 108 Å². The van der Waals surface area contributed by atoms with Crippen molar-refractivity contribution in [3.05, 3.63) is 48.0 Å². The third-order valence-electron chi connectivity index (χ3n) is 2.70. The second-order valence-electron chi connectivity index (χ2n) is 4.20. The Bertz CT molecular complexity index is 357. The van der Waals surface area contributed by atoms with Gasteiger partial charge in [-0.05, 0) is 37.7 Å². The van der Waals surface area contributed by atoms with Crippen molar-refractivity contribution in [3.8, 4) is 0 Å². The second kappa shape index (κ2) is 9.42. The SMILES string of the molecule is O=C(CCCC=CCCCc1ccccc1)OO. The van der Waals surface area contributed by atoms with E-state index in [1.165, 1.54) is 5.56 Å². The summed E-state index contributed by atoms with van der Waals surface area (Å²) in [6, 6.07) is 10.4. The molecule has 0 spiro atoms. The molecule has 3 nitrogen and oxygen atoms in total. The molecule has 0 atom stereocenters. The minimum atomic E-state index is -0.563. The van der Waals surface area contributed by atoms with Crippen LogP contribution in [0.4, 0.5) is 0 Å². The maximum Gasteiger partial charge on any atom is 0.342 e. The van der Waals surface area contributed by atoms with Gasteiger partial charge in [0, 0.05) is 6.42 Å². The van der Waals surface area contributed by atoms with Crippen LogP contribution >= 0.6 is 0 Å². The molecule has 0 heterocycles. The van der Waals surface area contributed by atoms with Crippen molar-refractivity contribution in [2.75, 3.05) is 0 Å². The summed E-state index contributed by atoms with van der Waals surface area (Å²) in [5.74, 6) is -0.563. The molecular weight excluding hydrogens is 228 g/mol. The number of benzene rings is 1. The van der Waals surface area contributed by atoms with Gasteiger partial charge in [-0.3, -0.25) is 0 Å². The van der Waals surface area contributed by atoms with E-state index in [1.807, 2.05) is 6.07 Å². The Morgan fingerprint density at radius 3 is 2.44 bits per heavy atom. The van der Waals surface area contributed by atoms with Gasteiger partial charge in [0.05, 0.1) is 0 Å². The first-order valence-electron chi connectivity index (χ1n) is 6.36. The summed E-state index contributed by atoms with van der Waals surface area (Å²) in [5, 5.41) is 8.05. The van der Waals surface area contributed by atoms with Crippen molar-refractivity contribution in [2.24, 2.45) is 0 Å². The first kappa shape index (κ1) is 14.5. The monoisotopic (exact) mass is 248 g/mol. The van der Waals surface area contributed by atoms with E-state index in [2.05, 4.69) is 41.3 Å². The van der Waals surface area contributed by atoms with Gasteiger partial charge in [0.15, 0.2) is 0 Å². The number of carbonyl (C=O) groups is 1. The summed E-state index contributed by atoms with van der Waals surface area (Å²) in [4.78, 5) is 14.2. The molecule has 1 aromatic rings. The molecule has 0 bridgehead atoms. The highest BCUT2D eigenvalue weighted by Crippen LogP contribution is 2.05. The van der Waals surface area contributed by atoms with Gasteiger partial charge >= 0.3 is 5.97 Å². The minimum absolute atomic E-state index is 0.269. The van der Waals surface area contributed by atoms with Gasteiger partial charge < -0.3 is 4.89 Å². The van der Waals surface area contributed by atoms with Gasteiger partial charge in [-0.25, -0.2) is 4.79 Å². The maximum absolute atomic E-state index is 10.6. The highest BCUT2D eigenvalue weighted by atomic mass is 17.1. The fraction of sp³-hybridized carbons (Fsp3) is 0.400. The molecule has 0 saturated carbocycles. The quantitative estimate of drug-likeness (QED) is 0.330. The lowest BCUT2D eigenvalue weighted by Crippen LogP contribution is -1.99. The van der Waals surface area contributed by atoms with Gasteiger partial charge in [-0.1, -0.05) is 42.5 Å². The molecule has 0 fully saturated rings. The smallest absolute Gasteiger partial charge is 0.301 e. The molecule has 0 aliphatic rings. The van der Waals surface area contributed by atoms with Crippen LogP contribution in [-0.4, -0.2) is 11.2 Å². The van der Waals surface area contributed by atoms with E-state index >= 15 is 0 Å². The number of allylic oxidation sites excluding steroid dienone is 2. The largest absolute Gasteiger partial charge is 0.342 e. The van der Waals surface area contributed by atoms with Gasteiger partial charge in [-0.15, -0.1) is 0 Å². The van der Waals surface area contributed by atoms with Gasteiger partial charge in [0.25, 0.3) is 0 Å². The molecule has 1 N–H and O–H groups in total. The van der Waals surface area contributed by atoms with E-state index in [4.69, 9.17) is 5.26 Å². The predicted octanol–water partition coefficient (Wildman–Crippen LogP) is 3.75. The number of aryl methyl sites for hydroxylation is 1. The number of unbranched alkanes of at least 4 members (excludes halogenated alkanes) is 2. The minimum Gasteiger partial charge on any atom is -0.301 e. The van der Waals surface area contributed by atoms with E-state index in [0.29, 0.717) is 6.42 Å². The summed E-state index contributed by atoms with van der Waals surface area (Å²) < 4.78 is 0. The van der Waals surface area contributed by atoms with Crippen molar-refractivity contribution >= 4 is 5.97 Å². The zero-order chi connectivity index (χ0) is 13.1. The molecule has 0 amide bonds. The van der Waals surface area contributed by atoms with Gasteiger partial charge in [0.1, 0.15) is 0 Å². The zero-order valence-electron chi connectivity index (χ0n) is 10.5. The first-order valence-corrected chi connectivity index (χ1v) is 6.36. The van der Waals surface area contributed by atoms with E-state index in [9.17, 15) is 4.79 Å². The molecule has 3 heteroatoms. The average Bonchev–Trinajstić information content (AvgIpc) is 2.42. The summed E-state index contributed by atoms with van der Waals surface area (Å²) in [7, 11) is 0. The fourth-order valence-electron chi connectivity index (χ4n) is 1.71. The van der Waals surface area contributed by atoms with Crippen LogP contribution in [0.25, 0.3) is 0 Å². The standard InChI is InChI=1S/C15H20O3/c16-15(18-17)13-9-4-2-1-3-6-10-14-11-7-5-8-12-14/h1-2,5,7-8,11-12,17H,3-4,6,9-10,13H2. The Hall–Kier alpha value is -1.61. The average molecular weight is 248 g/mol. The van der Waals surface area contributed by atoms with Crippen molar-refractivity contribution < 1.29 is 14.9 Å². The maximum atomic E-state index is 10.6. The van der Waals surface area contributed by atoms with Gasteiger partial charge in [0.2, 0.25) is 0 Å². The van der Waals surface area contributed by atoms with Crippen LogP contribution < -0.4 is 0 Å². The number of carbonyl (C=O) groups excluding carboxylic acids is 1. The van der Waals surface area contributed by atoms with Crippen LogP contribution in [0.5, 0.6) is 0 Å². The molecule has 0 aliphatic heterocycles. The van der Waals surface area contributed by atoms with E-state index in [-0.39, 0.29) is 6.42 Å². The molecule has 0 radical (unpaired) electrons. The molecule has 0 aliphatic carbocycles. The number of hydrogen-bond donors (Lipinski definition) is 1. The van der Waals surface area contributed by atoms with Crippen LogP contribution in [0.3, 0.4) is 0 Å². The van der Waals surface area contributed by atoms with Crippen LogP contribution in [0.2, 0.25) is 0 Å². The summed E-state index contributed by atoms with van der Waals surface area (Å²) in [6.45, 7) is 0. The summed E-state index contributed by atoms with van der Waals surface area (Å²) in [5.41, 5.74) is 1.37. The third kappa shape index (κ3) is 6.86. The second-order valence-corrected chi connectivity index (χ2v) is 4.20. The first-order chi connectivity index (χ1) is 8.83. The van der Waals surface area contributed by atoms with E-state index < -0.39 is 5.97 Å². The van der Waals surface area contributed by atoms with Crippen molar-refractivity contribution in [1.82, 2.24) is 0 Å². The van der Waals surface area contributed by atoms with E-state index in [0.717, 1.165) is 25.7 Å². The van der Waals surface area contributed by atoms with Crippen LogP contribution in [0.1, 0.15) is 37.7 Å². The Balaban J connectivity index is 1.99. The Kier molecular flexibility index (Phi) is 7.57. The van der Waals surface area contributed by atoms with Crippen molar-refractivity contribution in [2.45, 2.75) is 38.5 Å². The molecular formula is C15H20O3. The molecule has 1 aromatic carbocycles. The van der Waals surface area contributed by atoms with Crippen molar-refractivity contribution in [3.63, 3.8) is 0 Å². The van der Waals surface area contributed by atoms with Crippen LogP contribution in [0.15, 0.2) is 42.5 Å². The van der Waals surface area contributed by atoms with Gasteiger partial charge in [-0.2, -0.15) is 5.26 Å². The molecule has 0 saturated heterocycles. The molecule has 0 unspecified atom stereocenters. The Morgan fingerprint density at radius 2 is 1.78 bits per heavy atom. The number of hydrogen-bond acceptors (Lipinski definition) is 3. The highest BCUT2D eigenvalue weighted by molar-refractivity contribution is 5.68. The lowest BCUT2D eigenvalue weighted by atomic mass is 10.1. The predicted molar refractivity (Wildman–Crippen MR) is 71.1 cm³/mol. The zero-order valence-corrected chi connectivity index (χ0v) is 10.5. The van der Waals surface area contributed by atoms with Crippen LogP contribution in [-0.2, 0) is 16.1 Å². The fourth-order valence-corrected chi connectivity index (χ4v) is 1.71. The molecule has 1 rings (SSSR count). The third-order valence-corrected chi connectivity index (χ3v) is 2.70. The number of rotatable bonds is 8. The highest BCUT2D eigenvalue weighted by Gasteiger charge is 1.98. The lowest BCUT2D eigenvalue weighted by molar-refractivity contribution is -0.234. The molecule has 0 aromatic heterocycles. The normalized spacial score (nSPS) is 10.7. The van der Waals surface area contributed by atoms with Crippen LogP contribution in [0, 0.1) is 0 Å².